The number of nitrogens with zero attached hydrogens (tertiary/aromatic N) is 2. The second-order valence-electron chi connectivity index (χ2n) is 13.2. The minimum absolute atomic E-state index is 0.0831. The highest BCUT2D eigenvalue weighted by Gasteiger charge is 2.28. The second-order valence-corrected chi connectivity index (χ2v) is 13.6. The van der Waals surface area contributed by atoms with Crippen LogP contribution in [0.2, 0.25) is 5.02 Å². The summed E-state index contributed by atoms with van der Waals surface area (Å²) in [5.74, 6) is 1.48. The molecule has 0 bridgehead atoms. The van der Waals surface area contributed by atoms with E-state index in [9.17, 15) is 35.9 Å². The van der Waals surface area contributed by atoms with Crippen LogP contribution in [0, 0.1) is 25.2 Å². The molecule has 1 aromatic heterocycles. The molecule has 0 amide bonds. The first-order chi connectivity index (χ1) is 26.1. The van der Waals surface area contributed by atoms with Gasteiger partial charge in [0.05, 0.1) is 67.9 Å². The molecule has 3 aromatic carbocycles. The van der Waals surface area contributed by atoms with Gasteiger partial charge in [-0.25, -0.2) is 0 Å². The zero-order valence-corrected chi connectivity index (χ0v) is 31.3. The monoisotopic (exact) mass is 764 g/mol. The van der Waals surface area contributed by atoms with Gasteiger partial charge in [-0.2, -0.15) is 5.26 Å². The lowest BCUT2D eigenvalue weighted by Crippen LogP contribution is -2.55. The van der Waals surface area contributed by atoms with Gasteiger partial charge in [0.15, 0.2) is 0 Å². The van der Waals surface area contributed by atoms with Crippen LogP contribution in [0.3, 0.4) is 0 Å². The zero-order chi connectivity index (χ0) is 39.1. The quantitative estimate of drug-likeness (QED) is 0.0542. The zero-order valence-electron chi connectivity index (χ0n) is 30.5. The number of nitriles is 1. The topological polar surface area (TPSA) is 210 Å². The Bertz CT molecular complexity index is 1850. The predicted molar refractivity (Wildman–Crippen MR) is 203 cm³/mol. The van der Waals surface area contributed by atoms with Crippen molar-refractivity contribution in [2.45, 2.75) is 51.1 Å². The van der Waals surface area contributed by atoms with E-state index in [2.05, 4.69) is 21.7 Å². The van der Waals surface area contributed by atoms with E-state index in [0.717, 1.165) is 33.6 Å². The fraction of sp³-hybridized carbons (Fsp3) is 0.400. The van der Waals surface area contributed by atoms with Crippen LogP contribution in [0.5, 0.6) is 17.2 Å². The first-order valence-electron chi connectivity index (χ1n) is 17.5. The second kappa shape index (κ2) is 20.4. The van der Waals surface area contributed by atoms with Crippen molar-refractivity contribution in [1.29, 1.82) is 5.26 Å². The van der Waals surface area contributed by atoms with Gasteiger partial charge in [-0.15, -0.1) is 0 Å². The van der Waals surface area contributed by atoms with Crippen LogP contribution in [0.15, 0.2) is 67.0 Å². The molecule has 0 radical (unpaired) electrons. The van der Waals surface area contributed by atoms with E-state index in [1.54, 1.807) is 24.4 Å². The Labute approximate surface area is 320 Å². The van der Waals surface area contributed by atoms with Crippen LogP contribution in [0.1, 0.15) is 39.8 Å². The number of aliphatic hydroxyl groups is 6. The Morgan fingerprint density at radius 2 is 1.33 bits per heavy atom. The summed E-state index contributed by atoms with van der Waals surface area (Å²) >= 11 is 6.73. The Balaban J connectivity index is 1.51. The van der Waals surface area contributed by atoms with Crippen molar-refractivity contribution in [3.63, 3.8) is 0 Å². The summed E-state index contributed by atoms with van der Waals surface area (Å²) in [6.45, 7) is 2.52. The molecular weight excluding hydrogens is 716 g/mol. The van der Waals surface area contributed by atoms with E-state index in [-0.39, 0.29) is 39.6 Å². The Hall–Kier alpha value is -4.33. The molecule has 4 aromatic rings. The van der Waals surface area contributed by atoms with Crippen LogP contribution in [-0.2, 0) is 19.8 Å². The van der Waals surface area contributed by atoms with Crippen molar-refractivity contribution in [3.8, 4) is 34.4 Å². The molecule has 4 rings (SSSR count). The van der Waals surface area contributed by atoms with Gasteiger partial charge in [0.1, 0.15) is 36.5 Å². The molecule has 0 aliphatic rings. The van der Waals surface area contributed by atoms with Crippen LogP contribution in [0.25, 0.3) is 11.1 Å². The molecule has 0 fully saturated rings. The molecule has 1 heterocycles. The lowest BCUT2D eigenvalue weighted by atomic mass is 9.93. The highest BCUT2D eigenvalue weighted by molar-refractivity contribution is 6.32. The third-order valence-corrected chi connectivity index (χ3v) is 9.68. The number of hydrogen-bond acceptors (Lipinski definition) is 13. The fourth-order valence-electron chi connectivity index (χ4n) is 5.62. The highest BCUT2D eigenvalue weighted by Crippen LogP contribution is 2.36. The standard InChI is InChI=1S/C40H49ClN4O9/c1-27-31(6-3-7-33(27)34-8-4-9-36(28(34)2)52-11-5-10-44-39(21-46,22-47)23-48)20-54-38-14-37(53-19-30-12-29(15-42)16-43-17-30)32(13-35(38)41)18-45-40(24-49,25-50)26-51/h3-4,6-9,12-14,16-17,44-51H,5,10-11,18-26H2,1-2H3. The van der Waals surface area contributed by atoms with Crippen LogP contribution >= 0.6 is 11.6 Å². The average Bonchev–Trinajstić information content (AvgIpc) is 3.20. The van der Waals surface area contributed by atoms with Gasteiger partial charge >= 0.3 is 0 Å². The smallest absolute Gasteiger partial charge is 0.142 e. The molecule has 0 unspecified atom stereocenters. The van der Waals surface area contributed by atoms with Crippen molar-refractivity contribution in [1.82, 2.24) is 15.6 Å². The van der Waals surface area contributed by atoms with Crippen molar-refractivity contribution >= 4 is 11.6 Å². The average molecular weight is 765 g/mol. The Morgan fingerprint density at radius 1 is 0.704 bits per heavy atom. The van der Waals surface area contributed by atoms with E-state index in [1.807, 2.05) is 50.2 Å². The maximum atomic E-state index is 9.82. The number of benzene rings is 3. The number of halogens is 1. The molecule has 0 saturated carbocycles. The van der Waals surface area contributed by atoms with Crippen LogP contribution in [0.4, 0.5) is 0 Å². The van der Waals surface area contributed by atoms with Crippen LogP contribution in [-0.4, -0.2) is 99.5 Å². The highest BCUT2D eigenvalue weighted by atomic mass is 35.5. The van der Waals surface area contributed by atoms with Gasteiger partial charge in [-0.1, -0.05) is 41.9 Å². The summed E-state index contributed by atoms with van der Waals surface area (Å²) in [6, 6.07) is 18.9. The van der Waals surface area contributed by atoms with Crippen LogP contribution < -0.4 is 24.8 Å². The van der Waals surface area contributed by atoms with Gasteiger partial charge in [-0.3, -0.25) is 4.98 Å². The Morgan fingerprint density at radius 3 is 2.00 bits per heavy atom. The van der Waals surface area contributed by atoms with Crippen molar-refractivity contribution < 1.29 is 44.8 Å². The third kappa shape index (κ3) is 10.7. The van der Waals surface area contributed by atoms with Gasteiger partial charge in [0, 0.05) is 36.1 Å². The molecule has 0 spiro atoms. The molecule has 0 atom stereocenters. The lowest BCUT2D eigenvalue weighted by molar-refractivity contribution is 0.0411. The largest absolute Gasteiger partial charge is 0.493 e. The molecule has 13 nitrogen and oxygen atoms in total. The maximum absolute atomic E-state index is 9.82. The minimum atomic E-state index is -1.33. The number of rotatable bonds is 22. The third-order valence-electron chi connectivity index (χ3n) is 9.39. The first-order valence-corrected chi connectivity index (χ1v) is 17.9. The van der Waals surface area contributed by atoms with E-state index < -0.39 is 30.9 Å². The van der Waals surface area contributed by atoms with E-state index in [0.29, 0.717) is 52.8 Å². The van der Waals surface area contributed by atoms with Gasteiger partial charge < -0.3 is 55.5 Å². The summed E-state index contributed by atoms with van der Waals surface area (Å²) in [5.41, 5.74) is 4.06. The van der Waals surface area contributed by atoms with Gasteiger partial charge in [0.25, 0.3) is 0 Å². The van der Waals surface area contributed by atoms with E-state index in [1.165, 1.54) is 6.20 Å². The van der Waals surface area contributed by atoms with E-state index >= 15 is 0 Å². The molecule has 54 heavy (non-hydrogen) atoms. The van der Waals surface area contributed by atoms with Crippen molar-refractivity contribution in [2.24, 2.45) is 0 Å². The number of ether oxygens (including phenoxy) is 3. The molecule has 8 N–H and O–H groups in total. The molecule has 0 aliphatic carbocycles. The Kier molecular flexibility index (Phi) is 16.0. The molecule has 0 aliphatic heterocycles. The molecule has 14 heteroatoms. The summed E-state index contributed by atoms with van der Waals surface area (Å²) in [4.78, 5) is 4.10. The summed E-state index contributed by atoms with van der Waals surface area (Å²) in [7, 11) is 0. The lowest BCUT2D eigenvalue weighted by Gasteiger charge is -2.29. The molecule has 290 valence electrons. The minimum Gasteiger partial charge on any atom is -0.493 e. The summed E-state index contributed by atoms with van der Waals surface area (Å²) in [5, 5.41) is 73.6. The molecule has 0 saturated heterocycles. The normalized spacial score (nSPS) is 11.7. The van der Waals surface area contributed by atoms with Gasteiger partial charge in [0.2, 0.25) is 0 Å². The predicted octanol–water partition coefficient (Wildman–Crippen LogP) is 2.93. The number of aromatic nitrogens is 1. The number of nitrogens with one attached hydrogen (secondary N) is 2. The van der Waals surface area contributed by atoms with Gasteiger partial charge in [-0.05, 0) is 72.8 Å². The first kappa shape index (κ1) is 42.4. The fourth-order valence-corrected chi connectivity index (χ4v) is 5.86. The number of pyridine rings is 1. The van der Waals surface area contributed by atoms with E-state index in [4.69, 9.17) is 25.8 Å². The van der Waals surface area contributed by atoms with Crippen molar-refractivity contribution in [2.75, 3.05) is 52.8 Å². The number of hydrogen-bond donors (Lipinski definition) is 8. The van der Waals surface area contributed by atoms with Crippen molar-refractivity contribution in [3.05, 3.63) is 105 Å². The summed E-state index contributed by atoms with van der Waals surface area (Å²) < 4.78 is 18.6. The molecular formula is C40H49ClN4O9. The SMILES string of the molecule is Cc1c(COc2cc(OCc3cncc(C#N)c3)c(CNC(CO)(CO)CO)cc2Cl)cccc1-c1cccc(OCCCNC(CO)(CO)CO)c1C. The number of aliphatic hydroxyl groups excluding tert-OH is 6. The summed E-state index contributed by atoms with van der Waals surface area (Å²) in [6.07, 6.45) is 3.64. The maximum Gasteiger partial charge on any atom is 0.142 e.